The summed E-state index contributed by atoms with van der Waals surface area (Å²) in [5.41, 5.74) is 0. The molecule has 1 atom stereocenters. The van der Waals surface area contributed by atoms with E-state index < -0.39 is 6.10 Å². The molecule has 0 aliphatic heterocycles. The highest BCUT2D eigenvalue weighted by molar-refractivity contribution is 5.70. The molecule has 0 aliphatic carbocycles. The van der Waals surface area contributed by atoms with Gasteiger partial charge in [0.15, 0.2) is 6.10 Å². The summed E-state index contributed by atoms with van der Waals surface area (Å²) >= 11 is 0. The predicted molar refractivity (Wildman–Crippen MR) is 399 cm³/mol. The molecule has 0 heterocycles. The highest BCUT2D eigenvalue weighted by atomic mass is 16.6. The fourth-order valence-electron chi connectivity index (χ4n) is 11.9. The van der Waals surface area contributed by atoms with E-state index in [1.807, 2.05) is 0 Å². The summed E-state index contributed by atoms with van der Waals surface area (Å²) in [6.07, 6.45) is 115. The average Bonchev–Trinajstić information content (AvgIpc) is 3.59. The lowest BCUT2D eigenvalue weighted by molar-refractivity contribution is -0.161. The number of ether oxygens (including phenoxy) is 2. The van der Waals surface area contributed by atoms with Crippen LogP contribution in [-0.4, -0.2) is 36.4 Å². The topological polar surface area (TPSA) is 72.8 Å². The molecular weight excluding hydrogens is 1100 g/mol. The van der Waals surface area contributed by atoms with Crippen LogP contribution in [0.5, 0.6) is 0 Å². The van der Waals surface area contributed by atoms with Crippen LogP contribution in [0, 0.1) is 0 Å². The molecule has 0 aromatic carbocycles. The predicted octanol–water partition coefficient (Wildman–Crippen LogP) is 28.1. The van der Waals surface area contributed by atoms with Crippen molar-refractivity contribution in [3.8, 4) is 0 Å². The van der Waals surface area contributed by atoms with Gasteiger partial charge in [-0.3, -0.25) is 9.59 Å². The molecular formula is C85H152O5. The Hall–Kier alpha value is -3.18. The highest BCUT2D eigenvalue weighted by Gasteiger charge is 2.16. The van der Waals surface area contributed by atoms with E-state index in [1.54, 1.807) is 0 Å². The lowest BCUT2D eigenvalue weighted by atomic mass is 10.0. The van der Waals surface area contributed by atoms with E-state index in [0.717, 1.165) is 83.5 Å². The molecule has 0 aromatic rings. The van der Waals surface area contributed by atoms with Crippen molar-refractivity contribution in [2.45, 2.75) is 418 Å². The molecule has 0 bridgehead atoms. The van der Waals surface area contributed by atoms with Crippen molar-refractivity contribution < 1.29 is 24.2 Å². The van der Waals surface area contributed by atoms with Crippen molar-refractivity contribution in [2.24, 2.45) is 0 Å². The summed E-state index contributed by atoms with van der Waals surface area (Å²) < 4.78 is 10.8. The number of aliphatic hydroxyl groups excluding tert-OH is 1. The van der Waals surface area contributed by atoms with Gasteiger partial charge in [0.1, 0.15) is 6.61 Å². The summed E-state index contributed by atoms with van der Waals surface area (Å²) in [7, 11) is 0. The maximum absolute atomic E-state index is 12.4. The number of carbonyl (C=O) groups is 2. The third-order valence-electron chi connectivity index (χ3n) is 17.9. The van der Waals surface area contributed by atoms with Crippen LogP contribution in [0.25, 0.3) is 0 Å². The van der Waals surface area contributed by atoms with Crippen LogP contribution in [0.4, 0.5) is 0 Å². The van der Waals surface area contributed by atoms with Gasteiger partial charge in [-0.2, -0.15) is 0 Å². The van der Waals surface area contributed by atoms with Gasteiger partial charge in [0, 0.05) is 12.8 Å². The summed E-state index contributed by atoms with van der Waals surface area (Å²) in [5, 5.41) is 9.73. The van der Waals surface area contributed by atoms with Crippen LogP contribution in [0.15, 0.2) is 97.2 Å². The van der Waals surface area contributed by atoms with Crippen molar-refractivity contribution in [1.29, 1.82) is 0 Å². The van der Waals surface area contributed by atoms with E-state index >= 15 is 0 Å². The Morgan fingerprint density at radius 2 is 0.478 bits per heavy atom. The van der Waals surface area contributed by atoms with Gasteiger partial charge in [-0.05, 0) is 96.3 Å². The number of aliphatic hydroxyl groups is 1. The van der Waals surface area contributed by atoms with Gasteiger partial charge >= 0.3 is 11.9 Å². The number of carbonyl (C=O) groups excluding carboxylic acids is 2. The molecule has 5 nitrogen and oxygen atoms in total. The van der Waals surface area contributed by atoms with E-state index in [2.05, 4.69) is 111 Å². The van der Waals surface area contributed by atoms with Gasteiger partial charge in [-0.25, -0.2) is 0 Å². The second kappa shape index (κ2) is 80.1. The molecule has 0 fully saturated rings. The zero-order valence-corrected chi connectivity index (χ0v) is 60.1. The van der Waals surface area contributed by atoms with Crippen molar-refractivity contribution in [3.05, 3.63) is 97.2 Å². The second-order valence-corrected chi connectivity index (χ2v) is 26.8. The minimum absolute atomic E-state index is 0.0620. The minimum atomic E-state index is -0.774. The molecule has 0 saturated heterocycles. The Morgan fingerprint density at radius 1 is 0.267 bits per heavy atom. The smallest absolute Gasteiger partial charge is 0.306 e. The van der Waals surface area contributed by atoms with Crippen LogP contribution in [0.2, 0.25) is 0 Å². The number of unbranched alkanes of at least 4 members (excludes halogenated alkanes) is 50. The Balaban J connectivity index is 3.39. The molecule has 1 N–H and O–H groups in total. The number of rotatable bonds is 74. The molecule has 0 saturated carbocycles. The normalized spacial score (nSPS) is 12.7. The highest BCUT2D eigenvalue weighted by Crippen LogP contribution is 2.19. The first-order valence-corrected chi connectivity index (χ1v) is 39.8. The van der Waals surface area contributed by atoms with E-state index in [1.165, 1.54) is 302 Å². The zero-order chi connectivity index (χ0) is 64.7. The maximum Gasteiger partial charge on any atom is 0.306 e. The number of esters is 2. The summed E-state index contributed by atoms with van der Waals surface area (Å²) in [5.74, 6) is -0.569. The second-order valence-electron chi connectivity index (χ2n) is 26.8. The Bertz CT molecular complexity index is 1660. The van der Waals surface area contributed by atoms with Crippen molar-refractivity contribution in [3.63, 3.8) is 0 Å². The first-order valence-electron chi connectivity index (χ1n) is 39.8. The van der Waals surface area contributed by atoms with Gasteiger partial charge in [0.05, 0.1) is 6.61 Å². The zero-order valence-electron chi connectivity index (χ0n) is 60.1. The third kappa shape index (κ3) is 77.3. The fraction of sp³-hybridized carbons (Fsp3) is 0.788. The molecule has 0 amide bonds. The summed E-state index contributed by atoms with van der Waals surface area (Å²) in [6, 6.07) is 0. The van der Waals surface area contributed by atoms with Crippen LogP contribution >= 0.6 is 0 Å². The third-order valence-corrected chi connectivity index (χ3v) is 17.9. The Labute approximate surface area is 561 Å². The van der Waals surface area contributed by atoms with E-state index in [9.17, 15) is 14.7 Å². The largest absolute Gasteiger partial charge is 0.462 e. The lowest BCUT2D eigenvalue weighted by Crippen LogP contribution is -2.28. The lowest BCUT2D eigenvalue weighted by Gasteiger charge is -2.15. The van der Waals surface area contributed by atoms with Crippen LogP contribution in [-0.2, 0) is 19.1 Å². The summed E-state index contributed by atoms with van der Waals surface area (Å²) in [6.45, 7) is 4.07. The van der Waals surface area contributed by atoms with Crippen molar-refractivity contribution >= 4 is 11.9 Å². The molecule has 0 rings (SSSR count). The van der Waals surface area contributed by atoms with Gasteiger partial charge in [-0.1, -0.05) is 400 Å². The van der Waals surface area contributed by atoms with E-state index in [0.29, 0.717) is 12.8 Å². The minimum Gasteiger partial charge on any atom is -0.462 e. The van der Waals surface area contributed by atoms with E-state index in [4.69, 9.17) is 9.47 Å². The Morgan fingerprint density at radius 3 is 0.722 bits per heavy atom. The van der Waals surface area contributed by atoms with Gasteiger partial charge in [0.25, 0.3) is 0 Å². The van der Waals surface area contributed by atoms with Crippen LogP contribution in [0.3, 0.4) is 0 Å². The van der Waals surface area contributed by atoms with E-state index in [-0.39, 0.29) is 25.2 Å². The van der Waals surface area contributed by atoms with Gasteiger partial charge < -0.3 is 14.6 Å². The number of allylic oxidation sites excluding steroid dienone is 16. The maximum atomic E-state index is 12.4. The molecule has 0 aromatic heterocycles. The van der Waals surface area contributed by atoms with Gasteiger partial charge in [0.2, 0.25) is 0 Å². The standard InChI is InChI=1S/C85H152O5/c1-3-5-7-9-11-13-15-17-19-21-23-25-27-29-31-33-35-37-39-41-42-44-46-48-50-52-54-56-58-60-62-64-66-68-70-72-74-76-78-80-85(88)90-83(81-86)82-89-84(87)79-77-75-73-71-69-67-65-63-61-59-57-55-53-51-49-47-45-43-40-38-36-34-32-30-28-26-24-22-20-18-16-14-12-10-8-6-4-2/h5,7,11,13,16-19,22-25,28-31,83,86H,3-4,6,8-10,12,14-15,20-21,26-27,32-82H2,1-2H3/b7-5-,13-11-,18-16-,19-17-,24-22-,25-23-,30-28-,31-29-. The molecule has 5 heteroatoms. The van der Waals surface area contributed by atoms with Crippen molar-refractivity contribution in [2.75, 3.05) is 13.2 Å². The fourth-order valence-corrected chi connectivity index (χ4v) is 11.9. The SMILES string of the molecule is CC/C=C\C/C=C\C/C=C\C/C=C\C/C=C\CCCCCCCCCCCCCCCCCCCCCCCCCC(=O)OC(CO)COC(=O)CCCCCCCCCCCCCCCCCCCCCCCC/C=C\C/C=C\C/C=C\CCCCCCC. The monoisotopic (exact) mass is 1250 g/mol. The van der Waals surface area contributed by atoms with Gasteiger partial charge in [-0.15, -0.1) is 0 Å². The molecule has 90 heavy (non-hydrogen) atoms. The molecule has 0 radical (unpaired) electrons. The molecule has 1 unspecified atom stereocenters. The quantitative estimate of drug-likeness (QED) is 0.0373. The number of hydrogen-bond acceptors (Lipinski definition) is 5. The number of hydrogen-bond donors (Lipinski definition) is 1. The molecule has 0 aliphatic rings. The molecule has 0 spiro atoms. The molecule has 522 valence electrons. The van der Waals surface area contributed by atoms with Crippen molar-refractivity contribution in [1.82, 2.24) is 0 Å². The van der Waals surface area contributed by atoms with Crippen LogP contribution in [0.1, 0.15) is 412 Å². The van der Waals surface area contributed by atoms with Crippen LogP contribution < -0.4 is 0 Å². The first kappa shape index (κ1) is 86.8. The first-order chi connectivity index (χ1) is 44.6. The Kier molecular flexibility index (Phi) is 77.2. The average molecular weight is 1250 g/mol. The summed E-state index contributed by atoms with van der Waals surface area (Å²) in [4.78, 5) is 24.7.